The molecule has 0 spiro atoms. The first-order valence-electron chi connectivity index (χ1n) is 7.61. The highest BCUT2D eigenvalue weighted by Crippen LogP contribution is 2.39. The van der Waals surface area contributed by atoms with Gasteiger partial charge in [0.25, 0.3) is 0 Å². The standard InChI is InChI=1S/C17H28N2O/c1-17(2)11-5-6-13(16(17)18-3)12-19(4)14-7-9-15(20)10-8-14/h7-10,13,16,18,20H,5-6,11-12H2,1-4H3. The number of anilines is 1. The van der Waals surface area contributed by atoms with Gasteiger partial charge >= 0.3 is 0 Å². The molecule has 2 N–H and O–H groups in total. The fourth-order valence-electron chi connectivity index (χ4n) is 3.77. The topological polar surface area (TPSA) is 35.5 Å². The number of benzene rings is 1. The summed E-state index contributed by atoms with van der Waals surface area (Å²) in [5, 5.41) is 12.9. The van der Waals surface area contributed by atoms with Crippen LogP contribution in [0.25, 0.3) is 0 Å². The molecule has 3 nitrogen and oxygen atoms in total. The van der Waals surface area contributed by atoms with Crippen LogP contribution in [-0.2, 0) is 0 Å². The van der Waals surface area contributed by atoms with Crippen LogP contribution in [0.1, 0.15) is 33.1 Å². The summed E-state index contributed by atoms with van der Waals surface area (Å²) in [6, 6.07) is 8.05. The second-order valence-electron chi connectivity index (χ2n) is 6.80. The van der Waals surface area contributed by atoms with E-state index in [1.165, 1.54) is 24.9 Å². The smallest absolute Gasteiger partial charge is 0.115 e. The monoisotopic (exact) mass is 276 g/mol. The molecule has 0 radical (unpaired) electrons. The summed E-state index contributed by atoms with van der Waals surface area (Å²) in [6.45, 7) is 5.81. The first-order chi connectivity index (χ1) is 9.44. The molecule has 1 aromatic rings. The zero-order valence-corrected chi connectivity index (χ0v) is 13.2. The van der Waals surface area contributed by atoms with Crippen molar-refractivity contribution in [3.05, 3.63) is 24.3 Å². The number of nitrogens with zero attached hydrogens (tertiary/aromatic N) is 1. The first-order valence-corrected chi connectivity index (χ1v) is 7.61. The van der Waals surface area contributed by atoms with Crippen molar-refractivity contribution in [2.45, 2.75) is 39.2 Å². The Balaban J connectivity index is 2.06. The molecule has 0 amide bonds. The zero-order valence-electron chi connectivity index (χ0n) is 13.2. The van der Waals surface area contributed by atoms with Crippen molar-refractivity contribution in [1.82, 2.24) is 5.32 Å². The second kappa shape index (κ2) is 6.04. The molecule has 20 heavy (non-hydrogen) atoms. The number of rotatable bonds is 4. The summed E-state index contributed by atoms with van der Waals surface area (Å²) >= 11 is 0. The van der Waals surface area contributed by atoms with Gasteiger partial charge in [-0.3, -0.25) is 0 Å². The van der Waals surface area contributed by atoms with Crippen LogP contribution in [0.15, 0.2) is 24.3 Å². The lowest BCUT2D eigenvalue weighted by Crippen LogP contribution is -2.51. The number of nitrogens with one attached hydrogen (secondary N) is 1. The van der Waals surface area contributed by atoms with E-state index in [0.29, 0.717) is 23.1 Å². The molecule has 0 aromatic heterocycles. The van der Waals surface area contributed by atoms with Crippen molar-refractivity contribution in [2.24, 2.45) is 11.3 Å². The zero-order chi connectivity index (χ0) is 14.8. The van der Waals surface area contributed by atoms with Crippen LogP contribution >= 0.6 is 0 Å². The highest BCUT2D eigenvalue weighted by molar-refractivity contribution is 5.48. The third kappa shape index (κ3) is 3.26. The van der Waals surface area contributed by atoms with Gasteiger partial charge in [0.05, 0.1) is 0 Å². The molecular formula is C17H28N2O. The molecule has 2 rings (SSSR count). The summed E-state index contributed by atoms with van der Waals surface area (Å²) in [6.07, 6.45) is 3.91. The Morgan fingerprint density at radius 1 is 1.30 bits per heavy atom. The minimum atomic E-state index is 0.328. The highest BCUT2D eigenvalue weighted by Gasteiger charge is 2.38. The molecule has 1 saturated carbocycles. The molecule has 1 aromatic carbocycles. The van der Waals surface area contributed by atoms with E-state index < -0.39 is 0 Å². The highest BCUT2D eigenvalue weighted by atomic mass is 16.3. The molecular weight excluding hydrogens is 248 g/mol. The van der Waals surface area contributed by atoms with Crippen molar-refractivity contribution >= 4 is 5.69 Å². The van der Waals surface area contributed by atoms with Gasteiger partial charge in [0.2, 0.25) is 0 Å². The van der Waals surface area contributed by atoms with Gasteiger partial charge in [-0.05, 0) is 55.5 Å². The molecule has 0 bridgehead atoms. The summed E-state index contributed by atoms with van der Waals surface area (Å²) in [4.78, 5) is 2.30. The van der Waals surface area contributed by atoms with Crippen molar-refractivity contribution in [2.75, 3.05) is 25.5 Å². The van der Waals surface area contributed by atoms with Gasteiger partial charge in [0, 0.05) is 25.3 Å². The molecule has 1 aliphatic carbocycles. The average Bonchev–Trinajstić information content (AvgIpc) is 2.38. The fraction of sp³-hybridized carbons (Fsp3) is 0.647. The van der Waals surface area contributed by atoms with E-state index >= 15 is 0 Å². The molecule has 112 valence electrons. The maximum atomic E-state index is 9.38. The van der Waals surface area contributed by atoms with Crippen LogP contribution in [-0.4, -0.2) is 31.8 Å². The molecule has 0 heterocycles. The summed E-state index contributed by atoms with van der Waals surface area (Å²) in [5.41, 5.74) is 1.54. The number of phenolic OH excluding ortho intramolecular Hbond substituents is 1. The maximum absolute atomic E-state index is 9.38. The lowest BCUT2D eigenvalue weighted by atomic mass is 9.68. The number of hydrogen-bond acceptors (Lipinski definition) is 3. The summed E-state index contributed by atoms with van der Waals surface area (Å²) in [7, 11) is 4.23. The van der Waals surface area contributed by atoms with Crippen LogP contribution in [0.3, 0.4) is 0 Å². The molecule has 0 saturated heterocycles. The fourth-order valence-corrected chi connectivity index (χ4v) is 3.77. The number of hydrogen-bond donors (Lipinski definition) is 2. The third-order valence-corrected chi connectivity index (χ3v) is 4.82. The Bertz CT molecular complexity index is 427. The molecule has 0 aliphatic heterocycles. The lowest BCUT2D eigenvalue weighted by Gasteiger charge is -2.45. The molecule has 3 heteroatoms. The maximum Gasteiger partial charge on any atom is 0.115 e. The van der Waals surface area contributed by atoms with E-state index in [1.54, 1.807) is 12.1 Å². The van der Waals surface area contributed by atoms with Gasteiger partial charge in [-0.25, -0.2) is 0 Å². The van der Waals surface area contributed by atoms with Gasteiger partial charge in [0.1, 0.15) is 5.75 Å². The van der Waals surface area contributed by atoms with E-state index in [2.05, 4.69) is 38.2 Å². The van der Waals surface area contributed by atoms with E-state index in [0.717, 1.165) is 6.54 Å². The number of phenols is 1. The van der Waals surface area contributed by atoms with Crippen LogP contribution < -0.4 is 10.2 Å². The average molecular weight is 276 g/mol. The SMILES string of the molecule is CNC1C(CN(C)c2ccc(O)cc2)CCCC1(C)C. The Hall–Kier alpha value is -1.22. The van der Waals surface area contributed by atoms with Crippen LogP contribution in [0, 0.1) is 11.3 Å². The van der Waals surface area contributed by atoms with Crippen molar-refractivity contribution in [3.8, 4) is 5.75 Å². The minimum Gasteiger partial charge on any atom is -0.508 e. The molecule has 2 atom stereocenters. The minimum absolute atomic E-state index is 0.328. The van der Waals surface area contributed by atoms with Crippen molar-refractivity contribution < 1.29 is 5.11 Å². The molecule has 1 fully saturated rings. The summed E-state index contributed by atoms with van der Waals surface area (Å²) in [5.74, 6) is 0.997. The number of aromatic hydroxyl groups is 1. The second-order valence-corrected chi connectivity index (χ2v) is 6.80. The lowest BCUT2D eigenvalue weighted by molar-refractivity contribution is 0.118. The van der Waals surface area contributed by atoms with E-state index in [-0.39, 0.29) is 0 Å². The van der Waals surface area contributed by atoms with Crippen molar-refractivity contribution in [1.29, 1.82) is 0 Å². The van der Waals surface area contributed by atoms with Gasteiger partial charge < -0.3 is 15.3 Å². The van der Waals surface area contributed by atoms with Crippen molar-refractivity contribution in [3.63, 3.8) is 0 Å². The Labute approximate surface area is 123 Å². The van der Waals surface area contributed by atoms with E-state index in [9.17, 15) is 5.11 Å². The third-order valence-electron chi connectivity index (χ3n) is 4.82. The van der Waals surface area contributed by atoms with E-state index in [4.69, 9.17) is 0 Å². The Kier molecular flexibility index (Phi) is 4.59. The first kappa shape index (κ1) is 15.2. The molecule has 2 unspecified atom stereocenters. The van der Waals surface area contributed by atoms with E-state index in [1.807, 2.05) is 12.1 Å². The summed E-state index contributed by atoms with van der Waals surface area (Å²) < 4.78 is 0. The van der Waals surface area contributed by atoms with Crippen LogP contribution in [0.2, 0.25) is 0 Å². The Morgan fingerprint density at radius 2 is 1.95 bits per heavy atom. The predicted molar refractivity (Wildman–Crippen MR) is 85.3 cm³/mol. The Morgan fingerprint density at radius 3 is 2.55 bits per heavy atom. The van der Waals surface area contributed by atoms with Gasteiger partial charge in [-0.2, -0.15) is 0 Å². The van der Waals surface area contributed by atoms with Gasteiger partial charge in [-0.1, -0.05) is 20.3 Å². The predicted octanol–water partition coefficient (Wildman–Crippen LogP) is 3.24. The molecule has 1 aliphatic rings. The quantitative estimate of drug-likeness (QED) is 0.886. The normalized spacial score (nSPS) is 25.4. The van der Waals surface area contributed by atoms with Gasteiger partial charge in [0.15, 0.2) is 0 Å². The van der Waals surface area contributed by atoms with Gasteiger partial charge in [-0.15, -0.1) is 0 Å². The van der Waals surface area contributed by atoms with Crippen LogP contribution in [0.5, 0.6) is 5.75 Å². The largest absolute Gasteiger partial charge is 0.508 e. The van der Waals surface area contributed by atoms with Crippen LogP contribution in [0.4, 0.5) is 5.69 Å².